The van der Waals surface area contributed by atoms with Crippen LogP contribution in [0.4, 0.5) is 18.4 Å². The van der Waals surface area contributed by atoms with Gasteiger partial charge in [0.2, 0.25) is 0 Å². The lowest BCUT2D eigenvalue weighted by Gasteiger charge is -2.23. The van der Waals surface area contributed by atoms with Crippen molar-refractivity contribution in [2.75, 3.05) is 33.5 Å². The third-order valence-corrected chi connectivity index (χ3v) is 10.1. The largest absolute Gasteiger partial charge is 0.530 e. The van der Waals surface area contributed by atoms with Crippen LogP contribution in [0.25, 0.3) is 0 Å². The minimum atomic E-state index is -4.09. The van der Waals surface area contributed by atoms with Crippen LogP contribution in [0.15, 0.2) is 87.0 Å². The molecule has 0 aliphatic heterocycles. The number of phosphoric ester groups is 2. The Bertz CT molecular complexity index is 2000. The fourth-order valence-electron chi connectivity index (χ4n) is 4.81. The molecule has 2 unspecified atom stereocenters. The monoisotopic (exact) mass is 960 g/mol. The van der Waals surface area contributed by atoms with E-state index in [2.05, 4.69) is 36.9 Å². The Morgan fingerprint density at radius 2 is 0.985 bits per heavy atom. The standard InChI is InChI=1S/C22H31FNO8P.C21H29FNO8P/c1-7-11-29-33(27,30-12-8-2)32-19-10-9-16(13-17(19)15-23)14-18(20(25)28-6)24-21(26)31-22(3,4)5;1-6-10-28-32(27,29-11-7-2)31-18-9-8-15(12-16(18)14-22)13-17(19(24)25)23-20(26)30-21(3,4)5/h7-10,13,18H,1-2,11-12,14-15H2,3-6H3,(H,24,26);6-9,12,17H,1-2,10-11,13-14H2,3-5H3,(H,23,26)(H,24,25). The van der Waals surface area contributed by atoms with E-state index in [-0.39, 0.29) is 61.9 Å². The average Bonchev–Trinajstić information content (AvgIpc) is 3.22. The number of phosphoric acid groups is 2. The first-order valence-electron chi connectivity index (χ1n) is 19.7. The highest BCUT2D eigenvalue weighted by molar-refractivity contribution is 7.49. The molecule has 2 atom stereocenters. The molecule has 0 spiro atoms. The number of hydrogen-bond acceptors (Lipinski definition) is 15. The average molecular weight is 961 g/mol. The van der Waals surface area contributed by atoms with Crippen LogP contribution < -0.4 is 19.7 Å². The van der Waals surface area contributed by atoms with Crippen molar-refractivity contribution in [1.29, 1.82) is 0 Å². The quantitative estimate of drug-likeness (QED) is 0.0345. The third kappa shape index (κ3) is 22.9. The summed E-state index contributed by atoms with van der Waals surface area (Å²) in [4.78, 5) is 47.7. The van der Waals surface area contributed by atoms with Crippen molar-refractivity contribution in [3.8, 4) is 11.5 Å². The molecule has 3 N–H and O–H groups in total. The lowest BCUT2D eigenvalue weighted by molar-refractivity contribution is -0.143. The zero-order valence-electron chi connectivity index (χ0n) is 37.6. The van der Waals surface area contributed by atoms with E-state index in [0.29, 0.717) is 11.1 Å². The van der Waals surface area contributed by atoms with Gasteiger partial charge >= 0.3 is 39.8 Å². The Balaban J connectivity index is 0.000000650. The van der Waals surface area contributed by atoms with Crippen molar-refractivity contribution in [1.82, 2.24) is 10.6 Å². The minimum absolute atomic E-state index is 0.00598. The molecule has 362 valence electrons. The summed E-state index contributed by atoms with van der Waals surface area (Å²) in [6, 6.07) is 6.01. The molecule has 2 amide bonds. The lowest BCUT2D eigenvalue weighted by Crippen LogP contribution is -2.45. The van der Waals surface area contributed by atoms with Crippen LogP contribution in [0.5, 0.6) is 11.5 Å². The third-order valence-electron chi connectivity index (χ3n) is 7.41. The number of amides is 2. The Kier molecular flexibility index (Phi) is 24.7. The first-order valence-corrected chi connectivity index (χ1v) is 22.6. The van der Waals surface area contributed by atoms with Gasteiger partial charge in [-0.25, -0.2) is 37.1 Å². The van der Waals surface area contributed by atoms with Gasteiger partial charge in [-0.2, -0.15) is 0 Å². The van der Waals surface area contributed by atoms with E-state index in [4.69, 9.17) is 41.4 Å². The number of hydrogen-bond donors (Lipinski definition) is 3. The molecule has 0 aliphatic rings. The van der Waals surface area contributed by atoms with Crippen LogP contribution in [0, 0.1) is 0 Å². The number of benzene rings is 2. The van der Waals surface area contributed by atoms with Gasteiger partial charge in [-0.15, -0.1) is 26.3 Å². The van der Waals surface area contributed by atoms with Crippen LogP contribution in [-0.2, 0) is 77.2 Å². The van der Waals surface area contributed by atoms with Crippen LogP contribution in [0.1, 0.15) is 63.8 Å². The molecule has 2 aromatic carbocycles. The summed E-state index contributed by atoms with van der Waals surface area (Å²) in [5.41, 5.74) is -0.660. The number of carbonyl (C=O) groups excluding carboxylic acids is 3. The maximum atomic E-state index is 13.7. The molecule has 0 aromatic heterocycles. The van der Waals surface area contributed by atoms with Gasteiger partial charge in [-0.1, -0.05) is 36.4 Å². The molecule has 0 saturated carbocycles. The number of carbonyl (C=O) groups is 4. The predicted octanol–water partition coefficient (Wildman–Crippen LogP) is 9.23. The van der Waals surface area contributed by atoms with E-state index < -0.39 is 76.4 Å². The Hall–Kier alpha value is -5.36. The molecule has 65 heavy (non-hydrogen) atoms. The topological polar surface area (TPSA) is 230 Å². The van der Waals surface area contributed by atoms with Crippen molar-refractivity contribution < 1.29 is 83.5 Å². The highest BCUT2D eigenvalue weighted by Gasteiger charge is 2.32. The number of aliphatic carboxylic acids is 1. The molecule has 0 heterocycles. The summed E-state index contributed by atoms with van der Waals surface area (Å²) in [5.74, 6) is -2.16. The van der Waals surface area contributed by atoms with Gasteiger partial charge < -0.3 is 39.0 Å². The number of carboxylic acid groups (broad SMARTS) is 1. The fraction of sp³-hybridized carbons (Fsp3) is 0.442. The molecule has 2 rings (SSSR count). The Labute approximate surface area is 378 Å². The van der Waals surface area contributed by atoms with E-state index in [1.807, 2.05) is 0 Å². The first-order chi connectivity index (χ1) is 30.4. The summed E-state index contributed by atoms with van der Waals surface area (Å²) >= 11 is 0. The number of alkyl halides is 2. The van der Waals surface area contributed by atoms with E-state index >= 15 is 0 Å². The van der Waals surface area contributed by atoms with Gasteiger partial charge in [-0.3, -0.25) is 18.1 Å². The molecular formula is C43H60F2N2O16P2. The highest BCUT2D eigenvalue weighted by Crippen LogP contribution is 2.51. The predicted molar refractivity (Wildman–Crippen MR) is 237 cm³/mol. The molecule has 0 aliphatic carbocycles. The Morgan fingerprint density at radius 1 is 0.646 bits per heavy atom. The smallest absolute Gasteiger partial charge is 0.480 e. The SMILES string of the molecule is C=CCOP(=O)(OCC=C)Oc1ccc(CC(NC(=O)OC(C)(C)C)C(=O)O)cc1CF.C=CCOP(=O)(OCC=C)Oc1ccc(CC(NC(=O)OC(C)(C)C)C(=O)OC)cc1CF. The second-order valence-corrected chi connectivity index (χ2v) is 18.4. The van der Waals surface area contributed by atoms with Crippen LogP contribution in [-0.4, -0.2) is 86.1 Å². The summed E-state index contributed by atoms with van der Waals surface area (Å²) < 4.78 is 99.0. The number of rotatable bonds is 26. The zero-order chi connectivity index (χ0) is 49.4. The van der Waals surface area contributed by atoms with Gasteiger partial charge in [0.25, 0.3) is 0 Å². The van der Waals surface area contributed by atoms with Gasteiger partial charge in [0.15, 0.2) is 0 Å². The van der Waals surface area contributed by atoms with E-state index in [1.54, 1.807) is 41.5 Å². The lowest BCUT2D eigenvalue weighted by atomic mass is 10.0. The minimum Gasteiger partial charge on any atom is -0.480 e. The molecule has 0 bridgehead atoms. The second-order valence-electron chi connectivity index (χ2n) is 15.2. The molecule has 22 heteroatoms. The molecule has 18 nitrogen and oxygen atoms in total. The van der Waals surface area contributed by atoms with Gasteiger partial charge in [-0.05, 0) is 76.9 Å². The highest BCUT2D eigenvalue weighted by atomic mass is 31.2. The summed E-state index contributed by atoms with van der Waals surface area (Å²) in [7, 11) is -6.98. The van der Waals surface area contributed by atoms with Crippen molar-refractivity contribution >= 4 is 39.8 Å². The number of alkyl carbamates (subject to hydrolysis) is 2. The van der Waals surface area contributed by atoms with Crippen molar-refractivity contribution in [3.63, 3.8) is 0 Å². The molecule has 0 saturated heterocycles. The summed E-state index contributed by atoms with van der Waals surface area (Å²) in [6.45, 7) is 21.4. The second kappa shape index (κ2) is 27.8. The summed E-state index contributed by atoms with van der Waals surface area (Å²) in [5, 5.41) is 14.1. The van der Waals surface area contributed by atoms with E-state index in [0.717, 1.165) is 0 Å². The normalized spacial score (nSPS) is 12.4. The van der Waals surface area contributed by atoms with E-state index in [1.165, 1.54) is 67.8 Å². The Morgan fingerprint density at radius 3 is 1.28 bits per heavy atom. The van der Waals surface area contributed by atoms with Crippen LogP contribution in [0.2, 0.25) is 0 Å². The maximum Gasteiger partial charge on any atom is 0.530 e. The van der Waals surface area contributed by atoms with Gasteiger partial charge in [0, 0.05) is 24.0 Å². The summed E-state index contributed by atoms with van der Waals surface area (Å²) in [6.07, 6.45) is 3.54. The molecule has 0 fully saturated rings. The van der Waals surface area contributed by atoms with E-state index in [9.17, 15) is 42.2 Å². The molecular weight excluding hydrogens is 900 g/mol. The van der Waals surface area contributed by atoms with Crippen molar-refractivity contribution in [2.24, 2.45) is 0 Å². The number of nitrogens with one attached hydrogen (secondary N) is 2. The maximum absolute atomic E-state index is 13.7. The fourth-order valence-corrected chi connectivity index (χ4v) is 7.16. The number of halogens is 2. The first kappa shape index (κ1) is 57.7. The van der Waals surface area contributed by atoms with Crippen molar-refractivity contribution in [2.45, 2.75) is 91.0 Å². The number of carboxylic acids is 1. The van der Waals surface area contributed by atoms with Gasteiger partial charge in [0.1, 0.15) is 48.1 Å². The number of ether oxygens (including phenoxy) is 3. The van der Waals surface area contributed by atoms with Gasteiger partial charge in [0.05, 0.1) is 33.5 Å². The number of esters is 1. The molecule has 0 radical (unpaired) electrons. The van der Waals surface area contributed by atoms with Crippen LogP contribution in [0.3, 0.4) is 0 Å². The van der Waals surface area contributed by atoms with Crippen molar-refractivity contribution in [3.05, 3.63) is 109 Å². The van der Waals surface area contributed by atoms with Crippen LogP contribution >= 0.6 is 15.6 Å². The zero-order valence-corrected chi connectivity index (χ0v) is 39.4. The molecule has 2 aromatic rings. The number of methoxy groups -OCH3 is 1.